The van der Waals surface area contributed by atoms with Crippen molar-refractivity contribution in [3.8, 4) is 5.69 Å². The van der Waals surface area contributed by atoms with E-state index in [1.54, 1.807) is 16.8 Å². The summed E-state index contributed by atoms with van der Waals surface area (Å²) in [6.45, 7) is 0. The van der Waals surface area contributed by atoms with Crippen LogP contribution in [0.15, 0.2) is 59.5 Å². The molecule has 0 aliphatic rings. The van der Waals surface area contributed by atoms with Crippen molar-refractivity contribution in [2.45, 2.75) is 10.6 Å². The molecule has 0 amide bonds. The number of rotatable bonds is 5. The molecule has 3 rings (SSSR count). The highest BCUT2D eigenvalue weighted by atomic mass is 32.2. The SMILES string of the molecule is O=[N+]([O-])c1ccc(SCc2nnnn2-c2ccccc2)cc1. The van der Waals surface area contributed by atoms with Crippen LogP contribution in [0.3, 0.4) is 0 Å². The van der Waals surface area contributed by atoms with Crippen LogP contribution in [-0.4, -0.2) is 25.1 Å². The number of hydrogen-bond donors (Lipinski definition) is 0. The largest absolute Gasteiger partial charge is 0.269 e. The number of aromatic nitrogens is 4. The molecular weight excluding hydrogens is 302 g/mol. The number of tetrazole rings is 1. The molecular formula is C14H11N5O2S. The number of benzene rings is 2. The lowest BCUT2D eigenvalue weighted by Gasteiger charge is -2.04. The summed E-state index contributed by atoms with van der Waals surface area (Å²) in [6.07, 6.45) is 0. The third kappa shape index (κ3) is 3.12. The zero-order valence-electron chi connectivity index (χ0n) is 11.4. The first-order chi connectivity index (χ1) is 10.7. The molecule has 1 heterocycles. The third-order valence-corrected chi connectivity index (χ3v) is 3.96. The number of nitro groups is 1. The van der Waals surface area contributed by atoms with Crippen LogP contribution in [0.4, 0.5) is 5.69 Å². The molecule has 0 aliphatic carbocycles. The van der Waals surface area contributed by atoms with Crippen molar-refractivity contribution in [2.24, 2.45) is 0 Å². The molecule has 22 heavy (non-hydrogen) atoms. The van der Waals surface area contributed by atoms with Crippen LogP contribution in [0, 0.1) is 10.1 Å². The predicted octanol–water partition coefficient (Wildman–Crippen LogP) is 2.86. The van der Waals surface area contributed by atoms with E-state index in [1.807, 2.05) is 30.3 Å². The zero-order chi connectivity index (χ0) is 15.4. The van der Waals surface area contributed by atoms with E-state index in [4.69, 9.17) is 0 Å². The minimum Gasteiger partial charge on any atom is -0.258 e. The van der Waals surface area contributed by atoms with Gasteiger partial charge >= 0.3 is 0 Å². The molecule has 0 bridgehead atoms. The summed E-state index contributed by atoms with van der Waals surface area (Å²) in [5, 5.41) is 22.4. The molecule has 1 aromatic heterocycles. The van der Waals surface area contributed by atoms with Crippen molar-refractivity contribution >= 4 is 17.4 Å². The second-order valence-corrected chi connectivity index (χ2v) is 5.43. The summed E-state index contributed by atoms with van der Waals surface area (Å²) in [5.41, 5.74) is 0.977. The maximum absolute atomic E-state index is 10.6. The van der Waals surface area contributed by atoms with Crippen LogP contribution in [0.1, 0.15) is 5.82 Å². The fraction of sp³-hybridized carbons (Fsp3) is 0.0714. The van der Waals surface area contributed by atoms with Gasteiger partial charge in [-0.05, 0) is 34.7 Å². The molecule has 0 N–H and O–H groups in total. The van der Waals surface area contributed by atoms with E-state index in [0.29, 0.717) is 5.75 Å². The molecule has 0 unspecified atom stereocenters. The van der Waals surface area contributed by atoms with E-state index in [9.17, 15) is 10.1 Å². The zero-order valence-corrected chi connectivity index (χ0v) is 12.2. The summed E-state index contributed by atoms with van der Waals surface area (Å²) in [7, 11) is 0. The maximum atomic E-state index is 10.6. The number of nitro benzene ring substituents is 1. The predicted molar refractivity (Wildman–Crippen MR) is 81.8 cm³/mol. The van der Waals surface area contributed by atoms with Gasteiger partial charge in [0.1, 0.15) is 0 Å². The van der Waals surface area contributed by atoms with Crippen LogP contribution < -0.4 is 0 Å². The Morgan fingerprint density at radius 1 is 1.09 bits per heavy atom. The Kier molecular flexibility index (Phi) is 4.10. The Morgan fingerprint density at radius 3 is 2.50 bits per heavy atom. The topological polar surface area (TPSA) is 86.7 Å². The average Bonchev–Trinajstić information content (AvgIpc) is 3.02. The van der Waals surface area contributed by atoms with Gasteiger partial charge in [0.2, 0.25) is 0 Å². The number of nitrogens with zero attached hydrogens (tertiary/aromatic N) is 5. The standard InChI is InChI=1S/C14H11N5O2S/c20-19(21)12-6-8-13(9-7-12)22-10-14-15-16-17-18(14)11-4-2-1-3-5-11/h1-9H,10H2. The van der Waals surface area contributed by atoms with Crippen LogP contribution in [0.2, 0.25) is 0 Å². The van der Waals surface area contributed by atoms with Crippen LogP contribution in [-0.2, 0) is 5.75 Å². The first-order valence-electron chi connectivity index (χ1n) is 6.44. The van der Waals surface area contributed by atoms with Crippen LogP contribution in [0.25, 0.3) is 5.69 Å². The van der Waals surface area contributed by atoms with Crippen molar-refractivity contribution in [3.05, 3.63) is 70.5 Å². The maximum Gasteiger partial charge on any atom is 0.269 e. The third-order valence-electron chi connectivity index (χ3n) is 2.95. The van der Waals surface area contributed by atoms with Crippen molar-refractivity contribution in [3.63, 3.8) is 0 Å². The summed E-state index contributed by atoms with van der Waals surface area (Å²) in [4.78, 5) is 11.1. The molecule has 0 aliphatic heterocycles. The molecule has 110 valence electrons. The van der Waals surface area contributed by atoms with Crippen molar-refractivity contribution in [1.82, 2.24) is 20.2 Å². The first-order valence-corrected chi connectivity index (χ1v) is 7.42. The van der Waals surface area contributed by atoms with E-state index in [0.717, 1.165) is 16.4 Å². The second-order valence-electron chi connectivity index (χ2n) is 4.38. The normalized spacial score (nSPS) is 10.5. The molecule has 0 saturated carbocycles. The molecule has 3 aromatic rings. The molecule has 8 heteroatoms. The number of thioether (sulfide) groups is 1. The molecule has 0 atom stereocenters. The van der Waals surface area contributed by atoms with Gasteiger partial charge in [-0.3, -0.25) is 10.1 Å². The monoisotopic (exact) mass is 313 g/mol. The van der Waals surface area contributed by atoms with Gasteiger partial charge in [0.05, 0.1) is 16.4 Å². The van der Waals surface area contributed by atoms with E-state index in [1.165, 1.54) is 23.9 Å². The highest BCUT2D eigenvalue weighted by molar-refractivity contribution is 7.98. The van der Waals surface area contributed by atoms with Crippen molar-refractivity contribution in [2.75, 3.05) is 0 Å². The summed E-state index contributed by atoms with van der Waals surface area (Å²) < 4.78 is 1.68. The van der Waals surface area contributed by atoms with Gasteiger partial charge in [-0.1, -0.05) is 18.2 Å². The molecule has 2 aromatic carbocycles. The highest BCUT2D eigenvalue weighted by Gasteiger charge is 2.09. The van der Waals surface area contributed by atoms with Gasteiger partial charge in [-0.15, -0.1) is 16.9 Å². The van der Waals surface area contributed by atoms with Gasteiger partial charge in [-0.2, -0.15) is 4.68 Å². The summed E-state index contributed by atoms with van der Waals surface area (Å²) in [5.74, 6) is 1.29. The van der Waals surface area contributed by atoms with Gasteiger partial charge in [0, 0.05) is 17.0 Å². The van der Waals surface area contributed by atoms with Gasteiger partial charge in [-0.25, -0.2) is 0 Å². The van der Waals surface area contributed by atoms with Gasteiger partial charge < -0.3 is 0 Å². The summed E-state index contributed by atoms with van der Waals surface area (Å²) >= 11 is 1.52. The van der Waals surface area contributed by atoms with Gasteiger partial charge in [0.25, 0.3) is 5.69 Å². The lowest BCUT2D eigenvalue weighted by Crippen LogP contribution is -2.01. The van der Waals surface area contributed by atoms with E-state index >= 15 is 0 Å². The number of non-ortho nitro benzene ring substituents is 1. The highest BCUT2D eigenvalue weighted by Crippen LogP contribution is 2.24. The quantitative estimate of drug-likeness (QED) is 0.409. The number of hydrogen-bond acceptors (Lipinski definition) is 6. The lowest BCUT2D eigenvalue weighted by atomic mass is 10.3. The minimum absolute atomic E-state index is 0.0819. The first kappa shape index (κ1) is 14.2. The van der Waals surface area contributed by atoms with E-state index < -0.39 is 4.92 Å². The second kappa shape index (κ2) is 6.35. The Hall–Kier alpha value is -2.74. The lowest BCUT2D eigenvalue weighted by molar-refractivity contribution is -0.384. The van der Waals surface area contributed by atoms with Crippen molar-refractivity contribution in [1.29, 1.82) is 0 Å². The fourth-order valence-corrected chi connectivity index (χ4v) is 2.68. The fourth-order valence-electron chi connectivity index (χ4n) is 1.88. The Bertz CT molecular complexity index is 773. The van der Waals surface area contributed by atoms with E-state index in [-0.39, 0.29) is 5.69 Å². The van der Waals surface area contributed by atoms with Crippen LogP contribution >= 0.6 is 11.8 Å². The molecule has 0 spiro atoms. The Labute approximate surface area is 130 Å². The van der Waals surface area contributed by atoms with Crippen molar-refractivity contribution < 1.29 is 4.92 Å². The van der Waals surface area contributed by atoms with Crippen LogP contribution in [0.5, 0.6) is 0 Å². The molecule has 0 fully saturated rings. The minimum atomic E-state index is -0.412. The molecule has 0 saturated heterocycles. The Morgan fingerprint density at radius 2 is 1.82 bits per heavy atom. The average molecular weight is 313 g/mol. The molecule has 0 radical (unpaired) electrons. The summed E-state index contributed by atoms with van der Waals surface area (Å²) in [6, 6.07) is 16.0. The van der Waals surface area contributed by atoms with Gasteiger partial charge in [0.15, 0.2) is 5.82 Å². The van der Waals surface area contributed by atoms with E-state index in [2.05, 4.69) is 15.5 Å². The Balaban J connectivity index is 1.72. The molecule has 7 nitrogen and oxygen atoms in total. The smallest absolute Gasteiger partial charge is 0.258 e. The number of para-hydroxylation sites is 1.